The third-order valence-corrected chi connectivity index (χ3v) is 3.62. The van der Waals surface area contributed by atoms with Gasteiger partial charge in [0.2, 0.25) is 0 Å². The Morgan fingerprint density at radius 2 is 2.20 bits per heavy atom. The predicted molar refractivity (Wildman–Crippen MR) is 74.2 cm³/mol. The van der Waals surface area contributed by atoms with Crippen molar-refractivity contribution in [3.8, 4) is 0 Å². The quantitative estimate of drug-likeness (QED) is 0.796. The van der Waals surface area contributed by atoms with E-state index in [1.54, 1.807) is 4.90 Å². The number of aliphatic hydroxyl groups is 1. The van der Waals surface area contributed by atoms with Crippen LogP contribution in [-0.4, -0.2) is 46.3 Å². The summed E-state index contributed by atoms with van der Waals surface area (Å²) in [5.74, 6) is -1.08. The Bertz CT molecular complexity index is 535. The molecule has 1 atom stereocenters. The van der Waals surface area contributed by atoms with Crippen LogP contribution in [0.4, 0.5) is 10.5 Å². The number of nitrogens with one attached hydrogen (secondary N) is 1. The van der Waals surface area contributed by atoms with Crippen LogP contribution in [0.15, 0.2) is 18.2 Å². The van der Waals surface area contributed by atoms with Crippen molar-refractivity contribution >= 4 is 29.3 Å². The molecule has 1 saturated heterocycles. The number of benzene rings is 1. The van der Waals surface area contributed by atoms with Crippen LogP contribution in [0.3, 0.4) is 0 Å². The molecule has 0 aliphatic carbocycles. The number of anilines is 1. The molecule has 1 aliphatic heterocycles. The fourth-order valence-corrected chi connectivity index (χ4v) is 2.46. The molecule has 1 aromatic rings. The average Bonchev–Trinajstić information content (AvgIpc) is 2.89. The molecule has 0 aromatic heterocycles. The molecule has 0 radical (unpaired) electrons. The molecule has 2 amide bonds. The van der Waals surface area contributed by atoms with E-state index in [1.165, 1.54) is 18.2 Å². The number of aromatic carboxylic acids is 1. The van der Waals surface area contributed by atoms with Crippen LogP contribution in [0.5, 0.6) is 0 Å². The fourth-order valence-electron chi connectivity index (χ4n) is 2.23. The molecular weight excluding hydrogens is 284 g/mol. The fraction of sp³-hybridized carbons (Fsp3) is 0.385. The minimum Gasteiger partial charge on any atom is -0.478 e. The third kappa shape index (κ3) is 3.02. The number of hydrogen-bond acceptors (Lipinski definition) is 3. The van der Waals surface area contributed by atoms with Crippen molar-refractivity contribution in [1.29, 1.82) is 0 Å². The molecule has 1 heterocycles. The number of halogens is 1. The minimum atomic E-state index is -1.08. The van der Waals surface area contributed by atoms with Gasteiger partial charge in [0.15, 0.2) is 0 Å². The van der Waals surface area contributed by atoms with Gasteiger partial charge >= 0.3 is 12.0 Å². The van der Waals surface area contributed by atoms with Crippen molar-refractivity contribution in [1.82, 2.24) is 4.90 Å². The lowest BCUT2D eigenvalue weighted by molar-refractivity contribution is 0.0697. The van der Waals surface area contributed by atoms with Gasteiger partial charge in [-0.25, -0.2) is 9.59 Å². The van der Waals surface area contributed by atoms with Gasteiger partial charge in [-0.2, -0.15) is 0 Å². The largest absolute Gasteiger partial charge is 0.478 e. The number of nitrogens with zero attached hydrogens (tertiary/aromatic N) is 1. The second kappa shape index (κ2) is 6.11. The lowest BCUT2D eigenvalue weighted by Crippen LogP contribution is -2.40. The summed E-state index contributed by atoms with van der Waals surface area (Å²) >= 11 is 5.95. The van der Waals surface area contributed by atoms with Crippen LogP contribution in [0.2, 0.25) is 5.02 Å². The number of rotatable bonds is 3. The van der Waals surface area contributed by atoms with E-state index in [1.807, 2.05) is 0 Å². The average molecular weight is 299 g/mol. The van der Waals surface area contributed by atoms with Gasteiger partial charge in [0.1, 0.15) is 0 Å². The lowest BCUT2D eigenvalue weighted by atomic mass is 10.2. The molecule has 1 aliphatic rings. The Labute approximate surface area is 121 Å². The van der Waals surface area contributed by atoms with Gasteiger partial charge < -0.3 is 20.4 Å². The van der Waals surface area contributed by atoms with Crippen LogP contribution in [0, 0.1) is 0 Å². The first-order valence-corrected chi connectivity index (χ1v) is 6.62. The standard InChI is InChI=1S/C13H15ClN2O4/c14-10-6-8(12(18)19)3-4-11(10)15-13(20)16-5-1-2-9(16)7-17/h3-4,6,9,17H,1-2,5,7H2,(H,15,20)(H,18,19). The van der Waals surface area contributed by atoms with E-state index in [4.69, 9.17) is 16.7 Å². The number of carboxylic acids is 1. The number of hydrogen-bond donors (Lipinski definition) is 3. The SMILES string of the molecule is O=C(O)c1ccc(NC(=O)N2CCCC2CO)c(Cl)c1. The van der Waals surface area contributed by atoms with Crippen LogP contribution in [-0.2, 0) is 0 Å². The van der Waals surface area contributed by atoms with Crippen molar-refractivity contribution < 1.29 is 19.8 Å². The molecule has 3 N–H and O–H groups in total. The Hall–Kier alpha value is -1.79. The number of amides is 2. The van der Waals surface area contributed by atoms with Crippen molar-refractivity contribution in [2.45, 2.75) is 18.9 Å². The number of carbonyl (C=O) groups excluding carboxylic acids is 1. The van der Waals surface area contributed by atoms with Crippen molar-refractivity contribution in [3.05, 3.63) is 28.8 Å². The zero-order valence-electron chi connectivity index (χ0n) is 10.7. The molecule has 108 valence electrons. The first kappa shape index (κ1) is 14.6. The summed E-state index contributed by atoms with van der Waals surface area (Å²) in [4.78, 5) is 24.4. The molecule has 2 rings (SSSR count). The topological polar surface area (TPSA) is 89.9 Å². The monoisotopic (exact) mass is 298 g/mol. The van der Waals surface area contributed by atoms with Crippen LogP contribution >= 0.6 is 11.6 Å². The highest BCUT2D eigenvalue weighted by atomic mass is 35.5. The zero-order chi connectivity index (χ0) is 14.7. The number of likely N-dealkylation sites (tertiary alicyclic amines) is 1. The molecular formula is C13H15ClN2O4. The summed E-state index contributed by atoms with van der Waals surface area (Å²) in [6, 6.07) is 3.59. The van der Waals surface area contributed by atoms with E-state index in [0.717, 1.165) is 12.8 Å². The van der Waals surface area contributed by atoms with Crippen molar-refractivity contribution in [2.24, 2.45) is 0 Å². The summed E-state index contributed by atoms with van der Waals surface area (Å²) in [7, 11) is 0. The van der Waals surface area contributed by atoms with E-state index in [9.17, 15) is 14.7 Å². The Morgan fingerprint density at radius 3 is 2.80 bits per heavy atom. The van der Waals surface area contributed by atoms with Crippen molar-refractivity contribution in [3.63, 3.8) is 0 Å². The normalized spacial score (nSPS) is 18.1. The molecule has 7 heteroatoms. The summed E-state index contributed by atoms with van der Waals surface area (Å²) in [6.07, 6.45) is 1.62. The number of aliphatic hydroxyl groups excluding tert-OH is 1. The lowest BCUT2D eigenvalue weighted by Gasteiger charge is -2.23. The van der Waals surface area contributed by atoms with Gasteiger partial charge in [-0.05, 0) is 31.0 Å². The molecule has 0 bridgehead atoms. The van der Waals surface area contributed by atoms with Gasteiger partial charge in [-0.15, -0.1) is 0 Å². The van der Waals surface area contributed by atoms with E-state index in [2.05, 4.69) is 5.32 Å². The van der Waals surface area contributed by atoms with Gasteiger partial charge in [0, 0.05) is 6.54 Å². The highest BCUT2D eigenvalue weighted by Gasteiger charge is 2.28. The Kier molecular flexibility index (Phi) is 4.46. The summed E-state index contributed by atoms with van der Waals surface area (Å²) in [5, 5.41) is 20.8. The molecule has 1 aromatic carbocycles. The van der Waals surface area contributed by atoms with Gasteiger partial charge in [0.25, 0.3) is 0 Å². The molecule has 1 fully saturated rings. The second-order valence-corrected chi connectivity index (χ2v) is 5.01. The van der Waals surface area contributed by atoms with Gasteiger partial charge in [-0.3, -0.25) is 0 Å². The summed E-state index contributed by atoms with van der Waals surface area (Å²) < 4.78 is 0. The summed E-state index contributed by atoms with van der Waals surface area (Å²) in [5.41, 5.74) is 0.410. The maximum Gasteiger partial charge on any atom is 0.335 e. The number of carbonyl (C=O) groups is 2. The van der Waals surface area contributed by atoms with Crippen LogP contribution in [0.1, 0.15) is 23.2 Å². The maximum absolute atomic E-state index is 12.1. The third-order valence-electron chi connectivity index (χ3n) is 3.31. The Balaban J connectivity index is 2.10. The number of urea groups is 1. The van der Waals surface area contributed by atoms with E-state index < -0.39 is 5.97 Å². The molecule has 0 spiro atoms. The van der Waals surface area contributed by atoms with E-state index in [0.29, 0.717) is 12.2 Å². The molecule has 20 heavy (non-hydrogen) atoms. The Morgan fingerprint density at radius 1 is 1.45 bits per heavy atom. The first-order valence-electron chi connectivity index (χ1n) is 6.24. The van der Waals surface area contributed by atoms with Gasteiger partial charge in [-0.1, -0.05) is 11.6 Å². The highest BCUT2D eigenvalue weighted by molar-refractivity contribution is 6.34. The van der Waals surface area contributed by atoms with Gasteiger partial charge in [0.05, 0.1) is 28.9 Å². The summed E-state index contributed by atoms with van der Waals surface area (Å²) in [6.45, 7) is 0.515. The van der Waals surface area contributed by atoms with E-state index in [-0.39, 0.29) is 29.3 Å². The first-order chi connectivity index (χ1) is 9.52. The molecule has 6 nitrogen and oxygen atoms in total. The molecule has 0 saturated carbocycles. The minimum absolute atomic E-state index is 0.0578. The zero-order valence-corrected chi connectivity index (χ0v) is 11.4. The van der Waals surface area contributed by atoms with Crippen LogP contribution in [0.25, 0.3) is 0 Å². The van der Waals surface area contributed by atoms with Crippen LogP contribution < -0.4 is 5.32 Å². The highest BCUT2D eigenvalue weighted by Crippen LogP contribution is 2.25. The number of carboxylic acid groups (broad SMARTS) is 1. The van der Waals surface area contributed by atoms with Crippen molar-refractivity contribution in [2.75, 3.05) is 18.5 Å². The predicted octanol–water partition coefficient (Wildman–Crippen LogP) is 2.03. The molecule has 1 unspecified atom stereocenters. The van der Waals surface area contributed by atoms with E-state index >= 15 is 0 Å². The maximum atomic E-state index is 12.1. The smallest absolute Gasteiger partial charge is 0.335 e. The second-order valence-electron chi connectivity index (χ2n) is 4.60.